The Kier molecular flexibility index (Phi) is 6.83. The van der Waals surface area contributed by atoms with E-state index >= 15 is 0 Å². The Labute approximate surface area is 228 Å². The molecule has 0 aliphatic carbocycles. The maximum Gasteiger partial charge on any atom is 0.416 e. The fraction of sp³-hybridized carbons (Fsp3) is 0.214. The molecule has 5 rings (SSSR count). The minimum Gasteiger partial charge on any atom is -0.495 e. The summed E-state index contributed by atoms with van der Waals surface area (Å²) in [5, 5.41) is 4.32. The first-order valence-electron chi connectivity index (χ1n) is 11.8. The van der Waals surface area contributed by atoms with Gasteiger partial charge in [-0.25, -0.2) is 0 Å². The number of aromatic nitrogens is 2. The summed E-state index contributed by atoms with van der Waals surface area (Å²) in [7, 11) is 1.55. The molecular weight excluding hydrogens is 533 g/mol. The Bertz CT molecular complexity index is 1510. The van der Waals surface area contributed by atoms with Gasteiger partial charge in [0.2, 0.25) is 0 Å². The van der Waals surface area contributed by atoms with E-state index in [4.69, 9.17) is 28.6 Å². The predicted molar refractivity (Wildman–Crippen MR) is 146 cm³/mol. The number of hydrogen-bond acceptors (Lipinski definition) is 3. The third-order valence-corrected chi connectivity index (χ3v) is 7.34. The van der Waals surface area contributed by atoms with Crippen LogP contribution in [-0.2, 0) is 6.18 Å². The Morgan fingerprint density at radius 2 is 1.79 bits per heavy atom. The van der Waals surface area contributed by atoms with E-state index in [-0.39, 0.29) is 12.1 Å². The lowest BCUT2D eigenvalue weighted by molar-refractivity contribution is -0.137. The molecule has 1 N–H and O–H groups in total. The normalized spacial score (nSPS) is 17.6. The number of nitrogens with zero attached hydrogens (tertiary/aromatic N) is 3. The number of alkyl halides is 3. The van der Waals surface area contributed by atoms with E-state index in [2.05, 4.69) is 10.3 Å². The first-order valence-corrected chi connectivity index (χ1v) is 12.6. The van der Waals surface area contributed by atoms with Crippen LogP contribution in [0.25, 0.3) is 5.69 Å². The van der Waals surface area contributed by atoms with E-state index in [1.807, 2.05) is 53.6 Å². The summed E-state index contributed by atoms with van der Waals surface area (Å²) in [6, 6.07) is 17.8. The Morgan fingerprint density at radius 3 is 2.45 bits per heavy atom. The number of methoxy groups -OCH3 is 1. The molecule has 0 radical (unpaired) electrons. The summed E-state index contributed by atoms with van der Waals surface area (Å²) in [6.07, 6.45) is -2.72. The first-order chi connectivity index (χ1) is 18.1. The van der Waals surface area contributed by atoms with Crippen molar-refractivity contribution in [1.29, 1.82) is 0 Å². The molecule has 10 heteroatoms. The number of aryl methyl sites for hydroxylation is 1. The molecule has 4 aromatic rings. The van der Waals surface area contributed by atoms with Gasteiger partial charge in [-0.15, -0.1) is 0 Å². The molecule has 1 saturated heterocycles. The van der Waals surface area contributed by atoms with Crippen molar-refractivity contribution in [3.63, 3.8) is 0 Å². The summed E-state index contributed by atoms with van der Waals surface area (Å²) in [5.74, 6) is 0.536. The highest BCUT2D eigenvalue weighted by Gasteiger charge is 2.42. The van der Waals surface area contributed by atoms with Gasteiger partial charge in [0.25, 0.3) is 0 Å². The van der Waals surface area contributed by atoms with Crippen molar-refractivity contribution in [3.8, 4) is 11.4 Å². The van der Waals surface area contributed by atoms with Crippen LogP contribution in [0.2, 0.25) is 5.02 Å². The molecule has 0 saturated carbocycles. The summed E-state index contributed by atoms with van der Waals surface area (Å²) >= 11 is 12.3. The van der Waals surface area contributed by atoms with Gasteiger partial charge in [0.15, 0.2) is 5.11 Å². The summed E-state index contributed by atoms with van der Waals surface area (Å²) in [4.78, 5) is 6.54. The number of benzene rings is 2. The highest BCUT2D eigenvalue weighted by Crippen LogP contribution is 2.45. The van der Waals surface area contributed by atoms with Gasteiger partial charge < -0.3 is 19.5 Å². The van der Waals surface area contributed by atoms with Gasteiger partial charge in [-0.3, -0.25) is 4.98 Å². The number of hydrogen-bond donors (Lipinski definition) is 1. The molecule has 0 spiro atoms. The zero-order chi connectivity index (χ0) is 27.2. The van der Waals surface area contributed by atoms with Crippen LogP contribution in [0.15, 0.2) is 72.9 Å². The largest absolute Gasteiger partial charge is 0.495 e. The van der Waals surface area contributed by atoms with E-state index in [0.29, 0.717) is 21.6 Å². The second-order valence-electron chi connectivity index (χ2n) is 9.03. The molecule has 2 aromatic heterocycles. The average molecular weight is 557 g/mol. The molecule has 2 atom stereocenters. The van der Waals surface area contributed by atoms with Crippen molar-refractivity contribution in [3.05, 3.63) is 106 Å². The highest BCUT2D eigenvalue weighted by atomic mass is 35.5. The maximum atomic E-state index is 13.5. The zero-order valence-corrected chi connectivity index (χ0v) is 22.3. The molecule has 1 fully saturated rings. The number of pyridine rings is 1. The third-order valence-electron chi connectivity index (χ3n) is 6.73. The SMILES string of the molecule is COc1ccc(N2C(=S)NC(c3ccccn3)C2c2cc(C)n(-c3cccc(C(F)(F)F)c3)c2C)cc1Cl. The smallest absolute Gasteiger partial charge is 0.416 e. The van der Waals surface area contributed by atoms with Gasteiger partial charge in [-0.1, -0.05) is 23.7 Å². The van der Waals surface area contributed by atoms with Crippen molar-refractivity contribution >= 4 is 34.6 Å². The second kappa shape index (κ2) is 9.96. The van der Waals surface area contributed by atoms with E-state index in [1.165, 1.54) is 12.1 Å². The number of rotatable bonds is 5. The minimum atomic E-state index is -4.44. The summed E-state index contributed by atoms with van der Waals surface area (Å²) in [6.45, 7) is 3.78. The average Bonchev–Trinajstić information content (AvgIpc) is 3.39. The molecule has 0 bridgehead atoms. The number of ether oxygens (including phenoxy) is 1. The molecule has 38 heavy (non-hydrogen) atoms. The topological polar surface area (TPSA) is 42.3 Å². The van der Waals surface area contributed by atoms with Crippen LogP contribution >= 0.6 is 23.8 Å². The number of anilines is 1. The van der Waals surface area contributed by atoms with Gasteiger partial charge in [0, 0.05) is 29.0 Å². The standard InChI is InChI=1S/C28H24ClF3N4OS/c1-16-13-21(17(2)35(16)19-8-6-7-18(14-19)28(30,31)32)26-25(23-9-4-5-12-33-23)34-27(38)36(26)20-10-11-24(37-3)22(29)15-20/h4-15,25-26H,1-3H3,(H,34,38). The van der Waals surface area contributed by atoms with E-state index in [9.17, 15) is 13.2 Å². The summed E-state index contributed by atoms with van der Waals surface area (Å²) < 4.78 is 47.6. The number of thiocarbonyl (C=S) groups is 1. The van der Waals surface area contributed by atoms with Crippen molar-refractivity contribution in [2.24, 2.45) is 0 Å². The van der Waals surface area contributed by atoms with Crippen LogP contribution in [0.4, 0.5) is 18.9 Å². The highest BCUT2D eigenvalue weighted by molar-refractivity contribution is 7.80. The van der Waals surface area contributed by atoms with Gasteiger partial charge in [-0.05, 0) is 86.2 Å². The molecular formula is C28H24ClF3N4OS. The van der Waals surface area contributed by atoms with E-state index < -0.39 is 11.7 Å². The lowest BCUT2D eigenvalue weighted by Crippen LogP contribution is -2.29. The van der Waals surface area contributed by atoms with Crippen molar-refractivity contribution in [2.45, 2.75) is 32.1 Å². The van der Waals surface area contributed by atoms with Crippen molar-refractivity contribution < 1.29 is 17.9 Å². The molecule has 2 aromatic carbocycles. The monoisotopic (exact) mass is 556 g/mol. The zero-order valence-electron chi connectivity index (χ0n) is 20.8. The lowest BCUT2D eigenvalue weighted by Gasteiger charge is -2.28. The Hall–Kier alpha value is -3.56. The molecule has 196 valence electrons. The molecule has 1 aliphatic heterocycles. The van der Waals surface area contributed by atoms with E-state index in [0.717, 1.165) is 34.4 Å². The fourth-order valence-electron chi connectivity index (χ4n) is 5.06. The van der Waals surface area contributed by atoms with Gasteiger partial charge in [-0.2, -0.15) is 13.2 Å². The molecule has 2 unspecified atom stereocenters. The molecule has 5 nitrogen and oxygen atoms in total. The molecule has 1 aliphatic rings. The van der Waals surface area contributed by atoms with E-state index in [1.54, 1.807) is 31.5 Å². The van der Waals surface area contributed by atoms with Crippen molar-refractivity contribution in [2.75, 3.05) is 12.0 Å². The van der Waals surface area contributed by atoms with Crippen LogP contribution in [0.5, 0.6) is 5.75 Å². The first kappa shape index (κ1) is 26.1. The predicted octanol–water partition coefficient (Wildman–Crippen LogP) is 7.35. The van der Waals surface area contributed by atoms with Gasteiger partial charge in [0.05, 0.1) is 35.5 Å². The van der Waals surface area contributed by atoms with Crippen LogP contribution in [0.3, 0.4) is 0 Å². The number of halogens is 4. The fourth-order valence-corrected chi connectivity index (χ4v) is 5.66. The van der Waals surface area contributed by atoms with Gasteiger partial charge >= 0.3 is 6.18 Å². The van der Waals surface area contributed by atoms with Crippen LogP contribution in [-0.4, -0.2) is 21.8 Å². The third kappa shape index (κ3) is 4.61. The molecule has 0 amide bonds. The maximum absolute atomic E-state index is 13.5. The lowest BCUT2D eigenvalue weighted by atomic mass is 9.96. The quantitative estimate of drug-likeness (QED) is 0.260. The number of nitrogens with one attached hydrogen (secondary N) is 1. The van der Waals surface area contributed by atoms with Crippen LogP contribution in [0.1, 0.15) is 40.3 Å². The van der Waals surface area contributed by atoms with Crippen LogP contribution < -0.4 is 15.0 Å². The van der Waals surface area contributed by atoms with Crippen LogP contribution in [0, 0.1) is 13.8 Å². The van der Waals surface area contributed by atoms with Crippen molar-refractivity contribution in [1.82, 2.24) is 14.9 Å². The second-order valence-corrected chi connectivity index (χ2v) is 9.82. The summed E-state index contributed by atoms with van der Waals surface area (Å²) in [5.41, 5.74) is 3.75. The molecule has 3 heterocycles. The van der Waals surface area contributed by atoms with Gasteiger partial charge in [0.1, 0.15) is 5.75 Å². The minimum absolute atomic E-state index is 0.319. The Balaban J connectivity index is 1.67. The Morgan fingerprint density at radius 1 is 1.00 bits per heavy atom.